The third-order valence-electron chi connectivity index (χ3n) is 5.06. The molecule has 0 radical (unpaired) electrons. The van der Waals surface area contributed by atoms with Crippen LogP contribution in [0.3, 0.4) is 0 Å². The van der Waals surface area contributed by atoms with Crippen LogP contribution < -0.4 is 5.32 Å². The number of anilines is 1. The summed E-state index contributed by atoms with van der Waals surface area (Å²) in [6, 6.07) is 3.76. The van der Waals surface area contributed by atoms with Crippen molar-refractivity contribution in [2.75, 3.05) is 38.0 Å². The Morgan fingerprint density at radius 2 is 1.90 bits per heavy atom. The largest absolute Gasteiger partial charge is 0.444 e. The molecule has 2 aromatic rings. The topological polar surface area (TPSA) is 107 Å². The quantitative estimate of drug-likeness (QED) is 0.771. The molecule has 1 aliphatic heterocycles. The molecule has 1 N–H and O–H groups in total. The molecule has 1 fully saturated rings. The van der Waals surface area contributed by atoms with Crippen molar-refractivity contribution in [1.82, 2.24) is 9.21 Å². The van der Waals surface area contributed by atoms with Gasteiger partial charge >= 0.3 is 0 Å². The summed E-state index contributed by atoms with van der Waals surface area (Å²) in [4.78, 5) is 16.4. The number of amides is 1. The molecule has 0 aromatic carbocycles. The van der Waals surface area contributed by atoms with Crippen molar-refractivity contribution in [2.45, 2.75) is 32.6 Å². The van der Waals surface area contributed by atoms with E-state index in [2.05, 4.69) is 5.32 Å². The van der Waals surface area contributed by atoms with E-state index >= 15 is 0 Å². The maximum atomic E-state index is 12.9. The van der Waals surface area contributed by atoms with Gasteiger partial charge in [-0.15, -0.1) is 11.3 Å². The van der Waals surface area contributed by atoms with Crippen LogP contribution in [0, 0.1) is 39.0 Å². The van der Waals surface area contributed by atoms with Gasteiger partial charge in [0.05, 0.1) is 11.4 Å². The third-order valence-corrected chi connectivity index (χ3v) is 8.18. The number of carbonyl (C=O) groups excluding carboxylic acids is 1. The number of nitrogens with one attached hydrogen (secondary N) is 1. The third kappa shape index (κ3) is 4.38. The maximum absolute atomic E-state index is 12.9. The lowest BCUT2D eigenvalue weighted by Gasteiger charge is -2.33. The van der Waals surface area contributed by atoms with E-state index in [4.69, 9.17) is 4.42 Å². The summed E-state index contributed by atoms with van der Waals surface area (Å²) in [6.07, 6.45) is 0. The average Bonchev–Trinajstić information content (AvgIpc) is 3.13. The average molecular weight is 437 g/mol. The number of nitriles is 1. The van der Waals surface area contributed by atoms with Crippen LogP contribution in [0.1, 0.15) is 26.6 Å². The SMILES string of the molecule is Cc1cc(S(=O)(=O)N2CCN(CC(=O)Nc3oc(C)c(C)c3C#N)CC2)c(C)s1. The van der Waals surface area contributed by atoms with Crippen LogP contribution >= 0.6 is 11.3 Å². The molecular weight excluding hydrogens is 412 g/mol. The minimum Gasteiger partial charge on any atom is -0.444 e. The van der Waals surface area contributed by atoms with Crippen LogP contribution in [0.4, 0.5) is 5.88 Å². The Morgan fingerprint density at radius 3 is 2.45 bits per heavy atom. The molecular formula is C19H24N4O4S2. The van der Waals surface area contributed by atoms with Gasteiger partial charge < -0.3 is 4.42 Å². The van der Waals surface area contributed by atoms with Crippen LogP contribution in [0.15, 0.2) is 15.4 Å². The van der Waals surface area contributed by atoms with Crippen molar-refractivity contribution >= 4 is 33.2 Å². The van der Waals surface area contributed by atoms with Crippen molar-refractivity contribution < 1.29 is 17.6 Å². The predicted octanol–water partition coefficient (Wildman–Crippen LogP) is 2.39. The Bertz CT molecular complexity index is 1070. The molecule has 2 aromatic heterocycles. The number of nitrogens with zero attached hydrogens (tertiary/aromatic N) is 3. The highest BCUT2D eigenvalue weighted by Crippen LogP contribution is 2.28. The molecule has 0 unspecified atom stereocenters. The minimum absolute atomic E-state index is 0.105. The number of hydrogen-bond acceptors (Lipinski definition) is 7. The van der Waals surface area contributed by atoms with Crippen molar-refractivity contribution in [2.24, 2.45) is 0 Å². The molecule has 0 saturated carbocycles. The molecule has 10 heteroatoms. The fourth-order valence-electron chi connectivity index (χ4n) is 3.35. The summed E-state index contributed by atoms with van der Waals surface area (Å²) in [6.45, 7) is 8.89. The van der Waals surface area contributed by atoms with Crippen LogP contribution in [0.25, 0.3) is 0 Å². The highest BCUT2D eigenvalue weighted by atomic mass is 32.2. The van der Waals surface area contributed by atoms with Gasteiger partial charge in [0.2, 0.25) is 21.8 Å². The molecule has 156 valence electrons. The zero-order valence-electron chi connectivity index (χ0n) is 16.9. The first-order valence-electron chi connectivity index (χ1n) is 9.23. The van der Waals surface area contributed by atoms with Gasteiger partial charge in [-0.25, -0.2) is 8.42 Å². The Labute approximate surface area is 174 Å². The monoisotopic (exact) mass is 436 g/mol. The Balaban J connectivity index is 1.59. The molecule has 1 saturated heterocycles. The number of piperazine rings is 1. The van der Waals surface area contributed by atoms with E-state index in [-0.39, 0.29) is 18.3 Å². The van der Waals surface area contributed by atoms with Crippen molar-refractivity contribution in [3.8, 4) is 6.07 Å². The zero-order valence-corrected chi connectivity index (χ0v) is 18.5. The Morgan fingerprint density at radius 1 is 1.24 bits per heavy atom. The van der Waals surface area contributed by atoms with Crippen LogP contribution in [-0.4, -0.2) is 56.3 Å². The Kier molecular flexibility index (Phi) is 6.14. The first-order valence-corrected chi connectivity index (χ1v) is 11.5. The number of sulfonamides is 1. The van der Waals surface area contributed by atoms with Crippen molar-refractivity contribution in [3.05, 3.63) is 32.7 Å². The molecule has 0 atom stereocenters. The minimum atomic E-state index is -3.52. The van der Waals surface area contributed by atoms with Crippen LogP contribution in [0.5, 0.6) is 0 Å². The van der Waals surface area contributed by atoms with E-state index in [0.29, 0.717) is 48.0 Å². The second-order valence-electron chi connectivity index (χ2n) is 7.11. The number of hydrogen-bond donors (Lipinski definition) is 1. The van der Waals surface area contributed by atoms with Gasteiger partial charge in [0, 0.05) is 41.5 Å². The van der Waals surface area contributed by atoms with E-state index < -0.39 is 10.0 Å². The van der Waals surface area contributed by atoms with Gasteiger partial charge in [-0.2, -0.15) is 9.57 Å². The number of aryl methyl sites for hydroxylation is 3. The van der Waals surface area contributed by atoms with E-state index in [1.807, 2.05) is 24.8 Å². The molecule has 8 nitrogen and oxygen atoms in total. The second kappa shape index (κ2) is 8.28. The standard InChI is InChI=1S/C19H24N4O4S2/c1-12-9-17(15(4)28-12)29(25,26)23-7-5-22(6-8-23)11-18(24)21-19-16(10-20)13(2)14(3)27-19/h9H,5-8,11H2,1-4H3,(H,21,24). The van der Waals surface area contributed by atoms with Crippen molar-refractivity contribution in [1.29, 1.82) is 5.26 Å². The number of carbonyl (C=O) groups is 1. The highest BCUT2D eigenvalue weighted by molar-refractivity contribution is 7.89. The summed E-state index contributed by atoms with van der Waals surface area (Å²) in [5, 5.41) is 11.9. The molecule has 29 heavy (non-hydrogen) atoms. The molecule has 1 amide bonds. The van der Waals surface area contributed by atoms with Crippen LogP contribution in [0.2, 0.25) is 0 Å². The molecule has 3 rings (SSSR count). The Hall–Kier alpha value is -2.19. The lowest BCUT2D eigenvalue weighted by Crippen LogP contribution is -2.50. The fourth-order valence-corrected chi connectivity index (χ4v) is 6.30. The molecule has 0 bridgehead atoms. The smallest absolute Gasteiger partial charge is 0.244 e. The molecule has 1 aliphatic rings. The van der Waals surface area contributed by atoms with Gasteiger partial charge in [0.15, 0.2) is 0 Å². The highest BCUT2D eigenvalue weighted by Gasteiger charge is 2.31. The van der Waals surface area contributed by atoms with E-state index in [9.17, 15) is 18.5 Å². The summed E-state index contributed by atoms with van der Waals surface area (Å²) >= 11 is 1.47. The number of rotatable bonds is 5. The zero-order chi connectivity index (χ0) is 21.3. The molecule has 3 heterocycles. The normalized spacial score (nSPS) is 16.0. The predicted molar refractivity (Wildman–Crippen MR) is 111 cm³/mol. The molecule has 0 spiro atoms. The van der Waals surface area contributed by atoms with Crippen molar-refractivity contribution in [3.63, 3.8) is 0 Å². The summed E-state index contributed by atoms with van der Waals surface area (Å²) in [7, 11) is -3.52. The van der Waals surface area contributed by atoms with E-state index in [1.54, 1.807) is 19.9 Å². The van der Waals surface area contributed by atoms with Gasteiger partial charge in [-0.05, 0) is 33.8 Å². The first-order chi connectivity index (χ1) is 13.6. The van der Waals surface area contributed by atoms with E-state index in [0.717, 1.165) is 9.75 Å². The second-order valence-corrected chi connectivity index (χ2v) is 10.5. The lowest BCUT2D eigenvalue weighted by molar-refractivity contribution is -0.117. The lowest BCUT2D eigenvalue weighted by atomic mass is 10.2. The summed E-state index contributed by atoms with van der Waals surface area (Å²) < 4.78 is 32.7. The van der Waals surface area contributed by atoms with Gasteiger partial charge in [0.25, 0.3) is 0 Å². The fraction of sp³-hybridized carbons (Fsp3) is 0.474. The number of furan rings is 1. The molecule has 0 aliphatic carbocycles. The van der Waals surface area contributed by atoms with Gasteiger partial charge in [-0.3, -0.25) is 15.0 Å². The first kappa shape index (κ1) is 21.5. The number of thiophene rings is 1. The summed E-state index contributed by atoms with van der Waals surface area (Å²) in [5.74, 6) is 0.461. The van der Waals surface area contributed by atoms with Crippen LogP contribution in [-0.2, 0) is 14.8 Å². The van der Waals surface area contributed by atoms with Gasteiger partial charge in [0.1, 0.15) is 17.4 Å². The van der Waals surface area contributed by atoms with E-state index in [1.165, 1.54) is 15.6 Å². The maximum Gasteiger partial charge on any atom is 0.244 e. The summed E-state index contributed by atoms with van der Waals surface area (Å²) in [5.41, 5.74) is 1.04. The van der Waals surface area contributed by atoms with Gasteiger partial charge in [-0.1, -0.05) is 0 Å².